The molecule has 0 saturated carbocycles. The summed E-state index contributed by atoms with van der Waals surface area (Å²) < 4.78 is 0. The standard InChI is InChI=1S/C11H15NO2/c1-3-8(2)11(14)12-9-4-6-10(13)7-5-9/h4-8,13H,3H2,1-2H3,(H,12,14). The predicted octanol–water partition coefficient (Wildman–Crippen LogP) is 2.38. The maximum absolute atomic E-state index is 11.5. The van der Waals surface area contributed by atoms with E-state index >= 15 is 0 Å². The number of carbonyl (C=O) groups is 1. The third-order valence-electron chi connectivity index (χ3n) is 2.19. The van der Waals surface area contributed by atoms with Crippen LogP contribution in [0.15, 0.2) is 24.3 Å². The zero-order valence-corrected chi connectivity index (χ0v) is 8.45. The summed E-state index contributed by atoms with van der Waals surface area (Å²) in [7, 11) is 0. The summed E-state index contributed by atoms with van der Waals surface area (Å²) in [5.41, 5.74) is 0.716. The normalized spacial score (nSPS) is 12.1. The average Bonchev–Trinajstić information content (AvgIpc) is 2.20. The minimum absolute atomic E-state index is 0.0122. The summed E-state index contributed by atoms with van der Waals surface area (Å²) in [5.74, 6) is 0.230. The Morgan fingerprint density at radius 3 is 2.50 bits per heavy atom. The van der Waals surface area contributed by atoms with Crippen LogP contribution in [-0.4, -0.2) is 11.0 Å². The molecule has 3 heteroatoms. The first-order valence-electron chi connectivity index (χ1n) is 4.73. The van der Waals surface area contributed by atoms with Gasteiger partial charge in [-0.25, -0.2) is 0 Å². The molecule has 14 heavy (non-hydrogen) atoms. The van der Waals surface area contributed by atoms with Gasteiger partial charge in [0.2, 0.25) is 5.91 Å². The van der Waals surface area contributed by atoms with Gasteiger partial charge in [0.15, 0.2) is 0 Å². The number of phenolic OH excluding ortho intramolecular Hbond substituents is 1. The Hall–Kier alpha value is -1.51. The van der Waals surface area contributed by atoms with E-state index in [0.29, 0.717) is 5.69 Å². The molecule has 0 heterocycles. The highest BCUT2D eigenvalue weighted by atomic mass is 16.3. The molecule has 0 spiro atoms. The predicted molar refractivity (Wildman–Crippen MR) is 56.2 cm³/mol. The van der Waals surface area contributed by atoms with Crippen molar-refractivity contribution in [3.8, 4) is 5.75 Å². The van der Waals surface area contributed by atoms with Crippen LogP contribution >= 0.6 is 0 Å². The molecule has 0 radical (unpaired) electrons. The molecule has 1 unspecified atom stereocenters. The number of benzene rings is 1. The van der Waals surface area contributed by atoms with E-state index in [1.165, 1.54) is 0 Å². The quantitative estimate of drug-likeness (QED) is 0.724. The maximum atomic E-state index is 11.5. The van der Waals surface area contributed by atoms with Crippen molar-refractivity contribution < 1.29 is 9.90 Å². The lowest BCUT2D eigenvalue weighted by Crippen LogP contribution is -2.19. The molecule has 1 aromatic rings. The number of aromatic hydroxyl groups is 1. The van der Waals surface area contributed by atoms with Gasteiger partial charge in [-0.3, -0.25) is 4.79 Å². The van der Waals surface area contributed by atoms with Crippen LogP contribution in [0, 0.1) is 5.92 Å². The SMILES string of the molecule is CCC(C)C(=O)Nc1ccc(O)cc1. The van der Waals surface area contributed by atoms with Crippen LogP contribution in [0.3, 0.4) is 0 Å². The number of amides is 1. The van der Waals surface area contributed by atoms with E-state index in [4.69, 9.17) is 5.11 Å². The molecule has 0 aliphatic rings. The second kappa shape index (κ2) is 4.65. The van der Waals surface area contributed by atoms with Crippen molar-refractivity contribution in [2.75, 3.05) is 5.32 Å². The van der Waals surface area contributed by atoms with Crippen LogP contribution < -0.4 is 5.32 Å². The van der Waals surface area contributed by atoms with Crippen LogP contribution in [0.25, 0.3) is 0 Å². The molecule has 0 saturated heterocycles. The van der Waals surface area contributed by atoms with Crippen molar-refractivity contribution in [1.82, 2.24) is 0 Å². The molecule has 0 aromatic heterocycles. The van der Waals surface area contributed by atoms with Crippen molar-refractivity contribution in [3.05, 3.63) is 24.3 Å². The Morgan fingerprint density at radius 2 is 2.00 bits per heavy atom. The monoisotopic (exact) mass is 193 g/mol. The van der Waals surface area contributed by atoms with Gasteiger partial charge in [-0.15, -0.1) is 0 Å². The van der Waals surface area contributed by atoms with Crippen LogP contribution in [0.5, 0.6) is 5.75 Å². The summed E-state index contributed by atoms with van der Waals surface area (Å²) >= 11 is 0. The zero-order chi connectivity index (χ0) is 10.6. The molecule has 76 valence electrons. The molecule has 0 aliphatic heterocycles. The van der Waals surface area contributed by atoms with Gasteiger partial charge >= 0.3 is 0 Å². The minimum Gasteiger partial charge on any atom is -0.508 e. The smallest absolute Gasteiger partial charge is 0.227 e. The topological polar surface area (TPSA) is 49.3 Å². The average molecular weight is 193 g/mol. The number of hydrogen-bond acceptors (Lipinski definition) is 2. The van der Waals surface area contributed by atoms with Gasteiger partial charge in [0.25, 0.3) is 0 Å². The zero-order valence-electron chi connectivity index (χ0n) is 8.45. The highest BCUT2D eigenvalue weighted by Gasteiger charge is 2.09. The molecule has 2 N–H and O–H groups in total. The first-order chi connectivity index (χ1) is 6.63. The van der Waals surface area contributed by atoms with E-state index in [0.717, 1.165) is 6.42 Å². The molecule has 1 aromatic carbocycles. The lowest BCUT2D eigenvalue weighted by Gasteiger charge is -2.09. The first-order valence-corrected chi connectivity index (χ1v) is 4.73. The van der Waals surface area contributed by atoms with E-state index < -0.39 is 0 Å². The Labute approximate surface area is 83.8 Å². The number of phenols is 1. The van der Waals surface area contributed by atoms with Gasteiger partial charge in [-0.2, -0.15) is 0 Å². The van der Waals surface area contributed by atoms with E-state index in [2.05, 4.69) is 5.32 Å². The summed E-state index contributed by atoms with van der Waals surface area (Å²) in [6, 6.07) is 6.45. The van der Waals surface area contributed by atoms with E-state index in [-0.39, 0.29) is 17.6 Å². The van der Waals surface area contributed by atoms with Gasteiger partial charge in [0.1, 0.15) is 5.75 Å². The van der Waals surface area contributed by atoms with E-state index in [1.54, 1.807) is 24.3 Å². The van der Waals surface area contributed by atoms with Gasteiger partial charge in [0, 0.05) is 11.6 Å². The lowest BCUT2D eigenvalue weighted by atomic mass is 10.1. The largest absolute Gasteiger partial charge is 0.508 e. The fourth-order valence-corrected chi connectivity index (χ4v) is 0.996. The van der Waals surface area contributed by atoms with Gasteiger partial charge in [-0.1, -0.05) is 13.8 Å². The van der Waals surface area contributed by atoms with Gasteiger partial charge in [-0.05, 0) is 30.7 Å². The molecule has 0 aliphatic carbocycles. The highest BCUT2D eigenvalue weighted by molar-refractivity contribution is 5.92. The second-order valence-electron chi connectivity index (χ2n) is 3.35. The van der Waals surface area contributed by atoms with Crippen molar-refractivity contribution in [3.63, 3.8) is 0 Å². The first kappa shape index (κ1) is 10.6. The molecule has 1 rings (SSSR count). The Kier molecular flexibility index (Phi) is 3.51. The number of nitrogens with one attached hydrogen (secondary N) is 1. The molecular weight excluding hydrogens is 178 g/mol. The molecule has 1 atom stereocenters. The highest BCUT2D eigenvalue weighted by Crippen LogP contribution is 2.15. The van der Waals surface area contributed by atoms with Crippen molar-refractivity contribution in [2.24, 2.45) is 5.92 Å². The Balaban J connectivity index is 2.60. The van der Waals surface area contributed by atoms with E-state index in [1.807, 2.05) is 13.8 Å². The van der Waals surface area contributed by atoms with Crippen LogP contribution in [0.2, 0.25) is 0 Å². The summed E-state index contributed by atoms with van der Waals surface area (Å²) in [6.45, 7) is 3.86. The van der Waals surface area contributed by atoms with E-state index in [9.17, 15) is 4.79 Å². The third-order valence-corrected chi connectivity index (χ3v) is 2.19. The molecule has 0 fully saturated rings. The van der Waals surface area contributed by atoms with Gasteiger partial charge < -0.3 is 10.4 Å². The number of hydrogen-bond donors (Lipinski definition) is 2. The number of carbonyl (C=O) groups excluding carboxylic acids is 1. The Morgan fingerprint density at radius 1 is 1.43 bits per heavy atom. The van der Waals surface area contributed by atoms with Crippen LogP contribution in [-0.2, 0) is 4.79 Å². The second-order valence-corrected chi connectivity index (χ2v) is 3.35. The van der Waals surface area contributed by atoms with Crippen molar-refractivity contribution in [2.45, 2.75) is 20.3 Å². The van der Waals surface area contributed by atoms with Crippen molar-refractivity contribution in [1.29, 1.82) is 0 Å². The minimum atomic E-state index is 0.0122. The lowest BCUT2D eigenvalue weighted by molar-refractivity contribution is -0.119. The molecule has 1 amide bonds. The summed E-state index contributed by atoms with van der Waals surface area (Å²) in [5, 5.41) is 11.8. The molecular formula is C11H15NO2. The maximum Gasteiger partial charge on any atom is 0.227 e. The fraction of sp³-hybridized carbons (Fsp3) is 0.364. The third kappa shape index (κ3) is 2.76. The molecule has 3 nitrogen and oxygen atoms in total. The van der Waals surface area contributed by atoms with Crippen LogP contribution in [0.4, 0.5) is 5.69 Å². The summed E-state index contributed by atoms with van der Waals surface area (Å²) in [6.07, 6.45) is 0.823. The van der Waals surface area contributed by atoms with Crippen molar-refractivity contribution >= 4 is 11.6 Å². The number of anilines is 1. The number of rotatable bonds is 3. The summed E-state index contributed by atoms with van der Waals surface area (Å²) in [4.78, 5) is 11.5. The van der Waals surface area contributed by atoms with Crippen LogP contribution in [0.1, 0.15) is 20.3 Å². The Bertz CT molecular complexity index is 306. The molecule has 0 bridgehead atoms. The fourth-order valence-electron chi connectivity index (χ4n) is 0.996. The van der Waals surface area contributed by atoms with Gasteiger partial charge in [0.05, 0.1) is 0 Å².